The Morgan fingerprint density at radius 3 is 2.42 bits per heavy atom. The van der Waals surface area contributed by atoms with Gasteiger partial charge in [0.2, 0.25) is 0 Å². The van der Waals surface area contributed by atoms with Crippen molar-refractivity contribution in [3.63, 3.8) is 0 Å². The summed E-state index contributed by atoms with van der Waals surface area (Å²) in [5, 5.41) is 25.1. The lowest BCUT2D eigenvalue weighted by Crippen LogP contribution is -2.47. The molecule has 0 amide bonds. The summed E-state index contributed by atoms with van der Waals surface area (Å²) in [6, 6.07) is 3.74. The second kappa shape index (κ2) is 8.85. The highest BCUT2D eigenvalue weighted by Gasteiger charge is 2.37. The minimum absolute atomic E-state index is 0. The number of benzene rings is 1. The molecule has 3 rings (SSSR count). The molecule has 1 atom stereocenters. The predicted molar refractivity (Wildman–Crippen MR) is 98.5 cm³/mol. The van der Waals surface area contributed by atoms with E-state index in [-0.39, 0.29) is 42.3 Å². The van der Waals surface area contributed by atoms with Gasteiger partial charge in [0.1, 0.15) is 0 Å². The van der Waals surface area contributed by atoms with Crippen molar-refractivity contribution < 1.29 is 10.0 Å². The topological polar surface area (TPSA) is 78.6 Å². The van der Waals surface area contributed by atoms with Crippen molar-refractivity contribution in [1.29, 1.82) is 0 Å². The number of rotatable bonds is 4. The van der Waals surface area contributed by atoms with Crippen molar-refractivity contribution in [2.75, 3.05) is 26.2 Å². The lowest BCUT2D eigenvalue weighted by molar-refractivity contribution is -0.386. The Labute approximate surface area is 154 Å². The molecular weight excluding hydrogens is 353 g/mol. The van der Waals surface area contributed by atoms with Crippen molar-refractivity contribution in [2.24, 2.45) is 5.92 Å². The van der Waals surface area contributed by atoms with Crippen LogP contribution in [0.4, 0.5) is 5.69 Å². The minimum Gasteiger partial charge on any atom is -0.502 e. The molecule has 1 heterocycles. The molecule has 0 aromatic heterocycles. The molecule has 2 N–H and O–H groups in total. The number of aryl methyl sites for hydroxylation is 1. The largest absolute Gasteiger partial charge is 0.502 e. The van der Waals surface area contributed by atoms with Gasteiger partial charge in [-0.1, -0.05) is 18.6 Å². The first-order chi connectivity index (χ1) is 10.6. The smallest absolute Gasteiger partial charge is 0.313 e. The van der Waals surface area contributed by atoms with Crippen LogP contribution in [0.15, 0.2) is 12.1 Å². The van der Waals surface area contributed by atoms with Crippen LogP contribution in [0.5, 0.6) is 5.75 Å². The summed E-state index contributed by atoms with van der Waals surface area (Å²) in [4.78, 5) is 13.2. The molecule has 0 unspecified atom stereocenters. The SMILES string of the molecule is Cc1ccc([C@@H](C2CCC2)N2CCNCC2)c(O)c1[N+](=O)[O-].Cl.Cl. The Morgan fingerprint density at radius 1 is 1.29 bits per heavy atom. The highest BCUT2D eigenvalue weighted by Crippen LogP contribution is 2.46. The molecule has 24 heavy (non-hydrogen) atoms. The molecule has 6 nitrogen and oxygen atoms in total. The van der Waals surface area contributed by atoms with Crippen LogP contribution in [0.2, 0.25) is 0 Å². The summed E-state index contributed by atoms with van der Waals surface area (Å²) in [5.41, 5.74) is 1.10. The van der Waals surface area contributed by atoms with E-state index in [1.807, 2.05) is 6.07 Å². The first-order valence-electron chi connectivity index (χ1n) is 8.01. The summed E-state index contributed by atoms with van der Waals surface area (Å²) in [7, 11) is 0. The Hall–Kier alpha value is -1.08. The third-order valence-electron chi connectivity index (χ3n) is 5.03. The maximum absolute atomic E-state index is 11.3. The highest BCUT2D eigenvalue weighted by molar-refractivity contribution is 5.85. The second-order valence-electron chi connectivity index (χ2n) is 6.35. The lowest BCUT2D eigenvalue weighted by Gasteiger charge is -2.43. The highest BCUT2D eigenvalue weighted by atomic mass is 35.5. The van der Waals surface area contributed by atoms with Gasteiger partial charge >= 0.3 is 5.69 Å². The average molecular weight is 378 g/mol. The molecule has 1 aliphatic carbocycles. The first-order valence-corrected chi connectivity index (χ1v) is 8.01. The molecule has 8 heteroatoms. The molecule has 1 aliphatic heterocycles. The van der Waals surface area contributed by atoms with E-state index in [2.05, 4.69) is 10.2 Å². The van der Waals surface area contributed by atoms with Gasteiger partial charge < -0.3 is 10.4 Å². The number of aromatic hydroxyl groups is 1. The predicted octanol–water partition coefficient (Wildman–Crippen LogP) is 3.20. The minimum atomic E-state index is -0.468. The van der Waals surface area contributed by atoms with Crippen LogP contribution in [0.3, 0.4) is 0 Å². The van der Waals surface area contributed by atoms with Gasteiger partial charge in [0.25, 0.3) is 0 Å². The fourth-order valence-corrected chi connectivity index (χ4v) is 3.63. The zero-order valence-electron chi connectivity index (χ0n) is 13.7. The molecule has 136 valence electrons. The molecule has 1 saturated heterocycles. The molecule has 0 spiro atoms. The number of phenols is 1. The van der Waals surface area contributed by atoms with Gasteiger partial charge in [-0.2, -0.15) is 0 Å². The molecule has 1 aromatic carbocycles. The third-order valence-corrected chi connectivity index (χ3v) is 5.03. The van der Waals surface area contributed by atoms with Gasteiger partial charge in [-0.3, -0.25) is 15.0 Å². The molecule has 2 aliphatic rings. The Morgan fingerprint density at radius 2 is 1.92 bits per heavy atom. The zero-order valence-corrected chi connectivity index (χ0v) is 15.4. The Bertz CT molecular complexity index is 576. The molecular formula is C16H25Cl2N3O3. The van der Waals surface area contributed by atoms with Crippen LogP contribution in [0.25, 0.3) is 0 Å². The number of phenolic OH excluding ortho intramolecular Hbond substituents is 1. The van der Waals surface area contributed by atoms with Crippen LogP contribution in [-0.4, -0.2) is 41.1 Å². The molecule has 0 bridgehead atoms. The van der Waals surface area contributed by atoms with Gasteiger partial charge in [0.05, 0.1) is 4.92 Å². The summed E-state index contributed by atoms with van der Waals surface area (Å²) in [6.07, 6.45) is 3.48. The number of halogens is 2. The van der Waals surface area contributed by atoms with E-state index in [9.17, 15) is 15.2 Å². The fourth-order valence-electron chi connectivity index (χ4n) is 3.63. The third kappa shape index (κ3) is 3.94. The number of nitrogens with zero attached hydrogens (tertiary/aromatic N) is 2. The van der Waals surface area contributed by atoms with Gasteiger partial charge in [0, 0.05) is 43.3 Å². The number of nitrogens with one attached hydrogen (secondary N) is 1. The van der Waals surface area contributed by atoms with Gasteiger partial charge in [0.15, 0.2) is 5.75 Å². The first kappa shape index (κ1) is 21.0. The average Bonchev–Trinajstić information content (AvgIpc) is 2.44. The number of piperazine rings is 1. The van der Waals surface area contributed by atoms with Crippen LogP contribution in [0.1, 0.15) is 36.4 Å². The molecule has 1 saturated carbocycles. The summed E-state index contributed by atoms with van der Waals surface area (Å²) < 4.78 is 0. The van der Waals surface area contributed by atoms with Crippen molar-refractivity contribution in [3.8, 4) is 5.75 Å². The monoisotopic (exact) mass is 377 g/mol. The van der Waals surface area contributed by atoms with E-state index < -0.39 is 4.92 Å². The molecule has 2 fully saturated rings. The van der Waals surface area contributed by atoms with Crippen LogP contribution < -0.4 is 5.32 Å². The Balaban J connectivity index is 0.00000144. The van der Waals surface area contributed by atoms with E-state index >= 15 is 0 Å². The van der Waals surface area contributed by atoms with Gasteiger partial charge in [-0.05, 0) is 25.7 Å². The van der Waals surface area contributed by atoms with Crippen LogP contribution >= 0.6 is 24.8 Å². The van der Waals surface area contributed by atoms with Crippen molar-refractivity contribution >= 4 is 30.5 Å². The number of nitro groups is 1. The zero-order chi connectivity index (χ0) is 15.7. The second-order valence-corrected chi connectivity index (χ2v) is 6.35. The number of hydrogen-bond donors (Lipinski definition) is 2. The van der Waals surface area contributed by atoms with E-state index in [0.717, 1.165) is 44.6 Å². The van der Waals surface area contributed by atoms with Crippen LogP contribution in [-0.2, 0) is 0 Å². The normalized spacial score (nSPS) is 19.5. The Kier molecular flexibility index (Phi) is 7.73. The number of nitro benzene ring substituents is 1. The number of hydrogen-bond acceptors (Lipinski definition) is 5. The maximum Gasteiger partial charge on any atom is 0.313 e. The molecule has 0 radical (unpaired) electrons. The quantitative estimate of drug-likeness (QED) is 0.622. The van der Waals surface area contributed by atoms with Gasteiger partial charge in [-0.15, -0.1) is 24.8 Å². The lowest BCUT2D eigenvalue weighted by atomic mass is 9.75. The maximum atomic E-state index is 11.3. The molecule has 1 aromatic rings. The standard InChI is InChI=1S/C16H23N3O3.2ClH/c1-11-5-6-13(16(20)14(11)19(21)22)15(12-3-2-4-12)18-9-7-17-8-10-18;;/h5-6,12,15,17,20H,2-4,7-10H2,1H3;2*1H/t15-;;/m1../s1. The van der Waals surface area contributed by atoms with E-state index in [1.54, 1.807) is 13.0 Å². The van der Waals surface area contributed by atoms with Gasteiger partial charge in [-0.25, -0.2) is 0 Å². The van der Waals surface area contributed by atoms with E-state index in [0.29, 0.717) is 11.5 Å². The van der Waals surface area contributed by atoms with Crippen molar-refractivity contribution in [2.45, 2.75) is 32.2 Å². The summed E-state index contributed by atoms with van der Waals surface area (Å²) in [5.74, 6) is 0.353. The summed E-state index contributed by atoms with van der Waals surface area (Å²) >= 11 is 0. The summed E-state index contributed by atoms with van der Waals surface area (Å²) in [6.45, 7) is 5.37. The van der Waals surface area contributed by atoms with Crippen molar-refractivity contribution in [1.82, 2.24) is 10.2 Å². The van der Waals surface area contributed by atoms with E-state index in [1.165, 1.54) is 6.42 Å². The van der Waals surface area contributed by atoms with Crippen molar-refractivity contribution in [3.05, 3.63) is 33.4 Å². The fraction of sp³-hybridized carbons (Fsp3) is 0.625. The van der Waals surface area contributed by atoms with E-state index in [4.69, 9.17) is 0 Å². The van der Waals surface area contributed by atoms with Crippen LogP contribution in [0, 0.1) is 23.0 Å².